The van der Waals surface area contributed by atoms with Gasteiger partial charge < -0.3 is 10.0 Å². The van der Waals surface area contributed by atoms with Gasteiger partial charge >= 0.3 is 0 Å². The van der Waals surface area contributed by atoms with Gasteiger partial charge in [-0.25, -0.2) is 0 Å². The first-order valence-electron chi connectivity index (χ1n) is 5.60. The van der Waals surface area contributed by atoms with E-state index in [1.165, 1.54) is 0 Å². The first-order chi connectivity index (χ1) is 8.10. The van der Waals surface area contributed by atoms with Crippen molar-refractivity contribution in [2.24, 2.45) is 0 Å². The highest BCUT2D eigenvalue weighted by atomic mass is 16.3. The Morgan fingerprint density at radius 3 is 2.35 bits per heavy atom. The van der Waals surface area contributed by atoms with Crippen LogP contribution in [0.4, 0.5) is 5.69 Å². The highest BCUT2D eigenvalue weighted by Crippen LogP contribution is 2.21. The summed E-state index contributed by atoms with van der Waals surface area (Å²) in [5.74, 6) is 0. The predicted molar refractivity (Wildman–Crippen MR) is 70.7 cm³/mol. The van der Waals surface area contributed by atoms with Gasteiger partial charge in [0.25, 0.3) is 0 Å². The van der Waals surface area contributed by atoms with Crippen LogP contribution in [0.3, 0.4) is 0 Å². The molecule has 0 aliphatic heterocycles. The molecule has 0 unspecified atom stereocenters. The largest absolute Gasteiger partial charge is 0.395 e. The molecule has 0 spiro atoms. The molecule has 0 aromatic heterocycles. The van der Waals surface area contributed by atoms with Gasteiger partial charge in [0, 0.05) is 24.9 Å². The SMILES string of the molecule is C/C(C#N)=C(/C)c1ccc(N(C)CCO)cc1. The minimum Gasteiger partial charge on any atom is -0.395 e. The van der Waals surface area contributed by atoms with Crippen molar-refractivity contribution >= 4 is 11.3 Å². The third-order valence-electron chi connectivity index (χ3n) is 2.91. The first-order valence-corrected chi connectivity index (χ1v) is 5.60. The van der Waals surface area contributed by atoms with Gasteiger partial charge in [0.05, 0.1) is 12.7 Å². The number of nitriles is 1. The maximum absolute atomic E-state index is 8.86. The minimum absolute atomic E-state index is 0.144. The van der Waals surface area contributed by atoms with Crippen LogP contribution in [-0.2, 0) is 0 Å². The lowest BCUT2D eigenvalue weighted by atomic mass is 10.0. The zero-order chi connectivity index (χ0) is 12.8. The number of nitrogens with zero attached hydrogens (tertiary/aromatic N) is 2. The Kier molecular flexibility index (Phi) is 4.74. The van der Waals surface area contributed by atoms with Crippen LogP contribution in [0, 0.1) is 11.3 Å². The summed E-state index contributed by atoms with van der Waals surface area (Å²) < 4.78 is 0. The summed E-state index contributed by atoms with van der Waals surface area (Å²) in [5, 5.41) is 17.7. The average molecular weight is 230 g/mol. The van der Waals surface area contributed by atoms with Crippen molar-refractivity contribution in [3.05, 3.63) is 35.4 Å². The Morgan fingerprint density at radius 2 is 1.88 bits per heavy atom. The summed E-state index contributed by atoms with van der Waals surface area (Å²) in [4.78, 5) is 1.99. The molecule has 3 nitrogen and oxygen atoms in total. The summed E-state index contributed by atoms with van der Waals surface area (Å²) in [6.07, 6.45) is 0. The molecule has 0 fully saturated rings. The predicted octanol–water partition coefficient (Wildman–Crippen LogP) is 2.43. The molecule has 1 aromatic rings. The van der Waals surface area contributed by atoms with E-state index in [0.717, 1.165) is 22.4 Å². The Balaban J connectivity index is 2.93. The van der Waals surface area contributed by atoms with Crippen LogP contribution in [0.2, 0.25) is 0 Å². The lowest BCUT2D eigenvalue weighted by Gasteiger charge is -2.18. The molecule has 1 N–H and O–H groups in total. The van der Waals surface area contributed by atoms with Crippen LogP contribution in [0.25, 0.3) is 5.57 Å². The molecule has 17 heavy (non-hydrogen) atoms. The van der Waals surface area contributed by atoms with Crippen LogP contribution in [-0.4, -0.2) is 25.3 Å². The van der Waals surface area contributed by atoms with Crippen molar-refractivity contribution in [2.75, 3.05) is 25.1 Å². The summed E-state index contributed by atoms with van der Waals surface area (Å²) >= 11 is 0. The molecule has 1 rings (SSSR count). The number of anilines is 1. The summed E-state index contributed by atoms with van der Waals surface area (Å²) in [5.41, 5.74) is 3.86. The van der Waals surface area contributed by atoms with Crippen molar-refractivity contribution in [1.29, 1.82) is 5.26 Å². The zero-order valence-corrected chi connectivity index (χ0v) is 10.6. The van der Waals surface area contributed by atoms with Crippen molar-refractivity contribution in [3.63, 3.8) is 0 Å². The van der Waals surface area contributed by atoms with E-state index < -0.39 is 0 Å². The van der Waals surface area contributed by atoms with Crippen molar-refractivity contribution in [1.82, 2.24) is 0 Å². The van der Waals surface area contributed by atoms with E-state index in [1.807, 2.05) is 50.1 Å². The lowest BCUT2D eigenvalue weighted by Crippen LogP contribution is -2.20. The maximum atomic E-state index is 8.86. The van der Waals surface area contributed by atoms with Crippen LogP contribution in [0.15, 0.2) is 29.8 Å². The molecule has 0 radical (unpaired) electrons. The van der Waals surface area contributed by atoms with Gasteiger partial charge in [0.2, 0.25) is 0 Å². The Labute approximate surface area is 103 Å². The summed E-state index contributed by atoms with van der Waals surface area (Å²) in [6.45, 7) is 4.53. The Bertz CT molecular complexity index is 440. The van der Waals surface area contributed by atoms with Gasteiger partial charge in [-0.3, -0.25) is 0 Å². The van der Waals surface area contributed by atoms with E-state index in [0.29, 0.717) is 6.54 Å². The normalized spacial score (nSPS) is 11.7. The van der Waals surface area contributed by atoms with Crippen molar-refractivity contribution in [2.45, 2.75) is 13.8 Å². The fourth-order valence-corrected chi connectivity index (χ4v) is 1.55. The van der Waals surface area contributed by atoms with Gasteiger partial charge in [0.15, 0.2) is 0 Å². The smallest absolute Gasteiger partial charge is 0.0947 e. The van der Waals surface area contributed by atoms with E-state index in [1.54, 1.807) is 0 Å². The standard InChI is InChI=1S/C14H18N2O/c1-11(10-15)12(2)13-4-6-14(7-5-13)16(3)8-9-17/h4-7,17H,8-9H2,1-3H3/b12-11+. The van der Waals surface area contributed by atoms with Crippen LogP contribution >= 0.6 is 0 Å². The molecular formula is C14H18N2O. The third-order valence-corrected chi connectivity index (χ3v) is 2.91. The number of allylic oxidation sites excluding steroid dienone is 2. The average Bonchev–Trinajstić information content (AvgIpc) is 2.37. The number of aliphatic hydroxyl groups is 1. The first kappa shape index (κ1) is 13.3. The van der Waals surface area contributed by atoms with Gasteiger partial charge in [-0.15, -0.1) is 0 Å². The Morgan fingerprint density at radius 1 is 1.29 bits per heavy atom. The molecule has 0 bridgehead atoms. The number of hydrogen-bond donors (Lipinski definition) is 1. The number of hydrogen-bond acceptors (Lipinski definition) is 3. The molecule has 0 aliphatic rings. The van der Waals surface area contributed by atoms with Gasteiger partial charge in [-0.2, -0.15) is 5.26 Å². The highest BCUT2D eigenvalue weighted by Gasteiger charge is 2.02. The molecule has 0 atom stereocenters. The molecule has 0 amide bonds. The molecule has 3 heteroatoms. The van der Waals surface area contributed by atoms with Crippen LogP contribution in [0.5, 0.6) is 0 Å². The molecule has 0 aliphatic carbocycles. The quantitative estimate of drug-likeness (QED) is 0.808. The highest BCUT2D eigenvalue weighted by molar-refractivity contribution is 5.70. The molecule has 90 valence electrons. The van der Waals surface area contributed by atoms with Gasteiger partial charge in [0.1, 0.15) is 0 Å². The summed E-state index contributed by atoms with van der Waals surface area (Å²) in [6, 6.07) is 10.2. The van der Waals surface area contributed by atoms with Gasteiger partial charge in [-0.05, 0) is 37.1 Å². The second kappa shape index (κ2) is 6.07. The minimum atomic E-state index is 0.144. The number of likely N-dealkylation sites (N-methyl/N-ethyl adjacent to an activating group) is 1. The number of aliphatic hydroxyl groups excluding tert-OH is 1. The summed E-state index contributed by atoms with van der Waals surface area (Å²) in [7, 11) is 1.94. The fraction of sp³-hybridized carbons (Fsp3) is 0.357. The van der Waals surface area contributed by atoms with Gasteiger partial charge in [-0.1, -0.05) is 12.1 Å². The van der Waals surface area contributed by atoms with Crippen LogP contribution in [0.1, 0.15) is 19.4 Å². The number of benzene rings is 1. The maximum Gasteiger partial charge on any atom is 0.0947 e. The van der Waals surface area contributed by atoms with E-state index in [-0.39, 0.29) is 6.61 Å². The molecule has 0 heterocycles. The topological polar surface area (TPSA) is 47.3 Å². The van der Waals surface area contributed by atoms with E-state index in [9.17, 15) is 0 Å². The van der Waals surface area contributed by atoms with E-state index >= 15 is 0 Å². The van der Waals surface area contributed by atoms with E-state index in [2.05, 4.69) is 6.07 Å². The molecule has 0 saturated heterocycles. The van der Waals surface area contributed by atoms with E-state index in [4.69, 9.17) is 10.4 Å². The third kappa shape index (κ3) is 3.33. The second-order valence-corrected chi connectivity index (χ2v) is 4.05. The monoisotopic (exact) mass is 230 g/mol. The van der Waals surface area contributed by atoms with Crippen LogP contribution < -0.4 is 4.90 Å². The van der Waals surface area contributed by atoms with Crippen molar-refractivity contribution < 1.29 is 5.11 Å². The molecule has 1 aromatic carbocycles. The molecular weight excluding hydrogens is 212 g/mol. The molecule has 0 saturated carbocycles. The zero-order valence-electron chi connectivity index (χ0n) is 10.6. The second-order valence-electron chi connectivity index (χ2n) is 4.05. The Hall–Kier alpha value is -1.79. The fourth-order valence-electron chi connectivity index (χ4n) is 1.55. The lowest BCUT2D eigenvalue weighted by molar-refractivity contribution is 0.304. The van der Waals surface area contributed by atoms with Crippen molar-refractivity contribution in [3.8, 4) is 6.07 Å². The number of rotatable bonds is 4.